The quantitative estimate of drug-likeness (QED) is 0.0836. The number of aliphatic imine (C=N–C) groups is 1. The molecule has 2 N–H and O–H groups in total. The van der Waals surface area contributed by atoms with Crippen LogP contribution >= 0.6 is 11.6 Å². The zero-order valence-electron chi connectivity index (χ0n) is 27.9. The van der Waals surface area contributed by atoms with Crippen LogP contribution in [0.2, 0.25) is 0 Å². The number of benzene rings is 3. The summed E-state index contributed by atoms with van der Waals surface area (Å²) in [5.41, 5.74) is 9.86. The van der Waals surface area contributed by atoms with E-state index in [-0.39, 0.29) is 17.9 Å². The number of carbonyl (C=O) groups excluding carboxylic acids is 1. The number of halogens is 5. The van der Waals surface area contributed by atoms with E-state index in [1.54, 1.807) is 60.8 Å². The first-order chi connectivity index (χ1) is 23.6. The number of urea groups is 1. The molecule has 10 heteroatoms. The number of rotatable bonds is 13. The summed E-state index contributed by atoms with van der Waals surface area (Å²) in [4.78, 5) is 16.9. The van der Waals surface area contributed by atoms with Crippen molar-refractivity contribution in [3.05, 3.63) is 138 Å². The van der Waals surface area contributed by atoms with E-state index in [1.807, 2.05) is 75.4 Å². The topological polar surface area (TPSA) is 82.5 Å². The number of allylic oxidation sites excluding steroid dienone is 4. The zero-order chi connectivity index (χ0) is 37.1. The fourth-order valence-electron chi connectivity index (χ4n) is 4.25. The van der Waals surface area contributed by atoms with Crippen LogP contribution in [0.25, 0.3) is 0 Å². The minimum Gasteiger partial charge on any atom is -0.351 e. The van der Waals surface area contributed by atoms with Crippen molar-refractivity contribution in [1.29, 1.82) is 5.26 Å². The summed E-state index contributed by atoms with van der Waals surface area (Å²) in [6.45, 7) is 6.17. The van der Waals surface area contributed by atoms with Crippen molar-refractivity contribution >= 4 is 29.0 Å². The van der Waals surface area contributed by atoms with E-state index in [9.17, 15) is 22.4 Å². The minimum atomic E-state index is -4.08. The molecular weight excluding hydrogens is 652 g/mol. The van der Waals surface area contributed by atoms with E-state index in [2.05, 4.69) is 17.8 Å². The van der Waals surface area contributed by atoms with Crippen molar-refractivity contribution in [1.82, 2.24) is 0 Å². The number of nitrogens with zero attached hydrogens (tertiary/aromatic N) is 3. The van der Waals surface area contributed by atoms with Gasteiger partial charge in [0.25, 0.3) is 0 Å². The predicted molar refractivity (Wildman–Crippen MR) is 195 cm³/mol. The molecule has 0 aromatic heterocycles. The van der Waals surface area contributed by atoms with Crippen LogP contribution in [0, 0.1) is 24.2 Å². The Bertz CT molecular complexity index is 1530. The van der Waals surface area contributed by atoms with Crippen LogP contribution in [0.3, 0.4) is 0 Å². The van der Waals surface area contributed by atoms with Crippen LogP contribution in [-0.2, 0) is 12.8 Å². The van der Waals surface area contributed by atoms with Crippen LogP contribution in [-0.4, -0.2) is 30.6 Å². The molecule has 3 aromatic carbocycles. The fraction of sp³-hybridized carbons (Fsp3) is 0.256. The lowest BCUT2D eigenvalue weighted by Crippen LogP contribution is -2.36. The van der Waals surface area contributed by atoms with Gasteiger partial charge in [0.1, 0.15) is 0 Å². The first-order valence-corrected chi connectivity index (χ1v) is 15.8. The van der Waals surface area contributed by atoms with E-state index in [4.69, 9.17) is 22.6 Å². The van der Waals surface area contributed by atoms with Gasteiger partial charge in [-0.05, 0) is 48.2 Å². The Morgan fingerprint density at radius 2 is 1.59 bits per heavy atom. The van der Waals surface area contributed by atoms with E-state index >= 15 is 0 Å². The Kier molecular flexibility index (Phi) is 23.2. The highest BCUT2D eigenvalue weighted by Gasteiger charge is 2.40. The normalized spacial score (nSPS) is 11.8. The third-order valence-electron chi connectivity index (χ3n) is 6.36. The maximum Gasteiger partial charge on any atom is 0.319 e. The molecule has 260 valence electrons. The van der Waals surface area contributed by atoms with Gasteiger partial charge in [0.05, 0.1) is 12.5 Å². The molecule has 0 saturated carbocycles. The van der Waals surface area contributed by atoms with Crippen LogP contribution in [0.1, 0.15) is 49.8 Å². The Morgan fingerprint density at radius 3 is 2.12 bits per heavy atom. The van der Waals surface area contributed by atoms with E-state index in [0.717, 1.165) is 11.3 Å². The third-order valence-corrected chi connectivity index (χ3v) is 6.50. The summed E-state index contributed by atoms with van der Waals surface area (Å²) in [5.74, 6) is -4.36. The van der Waals surface area contributed by atoms with Crippen molar-refractivity contribution in [2.75, 3.05) is 11.4 Å². The SMILES string of the molecule is C#C.CC.C\C=C/N=C(\C=C/C=C/Cl)C(Cc1ccccc1)c1cccc(CC(F)(F)C(F)F)c1.N#CCCN(C(N)=O)c1ccccc1. The number of hydrogen-bond donors (Lipinski definition) is 1. The van der Waals surface area contributed by atoms with Crippen molar-refractivity contribution in [3.8, 4) is 18.9 Å². The number of nitriles is 1. The van der Waals surface area contributed by atoms with E-state index in [0.29, 0.717) is 24.2 Å². The number of carbonyl (C=O) groups is 1. The number of para-hydroxylation sites is 1. The minimum absolute atomic E-state index is 0.149. The molecule has 0 fully saturated rings. The smallest absolute Gasteiger partial charge is 0.319 e. The van der Waals surface area contributed by atoms with E-state index < -0.39 is 24.8 Å². The number of nitrogens with two attached hydrogens (primary N) is 1. The van der Waals surface area contributed by atoms with Gasteiger partial charge in [-0.25, -0.2) is 13.6 Å². The highest BCUT2D eigenvalue weighted by molar-refractivity contribution is 6.25. The number of anilines is 1. The molecule has 3 rings (SSSR count). The van der Waals surface area contributed by atoms with Gasteiger partial charge in [0.15, 0.2) is 0 Å². The molecule has 0 radical (unpaired) electrons. The highest BCUT2D eigenvalue weighted by Crippen LogP contribution is 2.30. The van der Waals surface area contributed by atoms with Gasteiger partial charge in [-0.3, -0.25) is 9.89 Å². The third kappa shape index (κ3) is 17.0. The van der Waals surface area contributed by atoms with Crippen LogP contribution in [0.4, 0.5) is 28.0 Å². The molecule has 49 heavy (non-hydrogen) atoms. The maximum absolute atomic E-state index is 13.6. The first-order valence-electron chi connectivity index (χ1n) is 15.4. The molecule has 1 unspecified atom stereocenters. The Morgan fingerprint density at radius 1 is 1.00 bits per heavy atom. The molecule has 5 nitrogen and oxygen atoms in total. The first kappa shape index (κ1) is 43.9. The summed E-state index contributed by atoms with van der Waals surface area (Å²) in [6.07, 6.45) is 12.7. The van der Waals surface area contributed by atoms with Gasteiger partial charge in [-0.2, -0.15) is 14.0 Å². The number of primary amides is 1. The van der Waals surface area contributed by atoms with Crippen LogP contribution in [0.15, 0.2) is 126 Å². The van der Waals surface area contributed by atoms with Crippen molar-refractivity contribution in [2.24, 2.45) is 10.7 Å². The summed E-state index contributed by atoms with van der Waals surface area (Å²) in [5, 5.41) is 8.42. The Labute approximate surface area is 293 Å². The highest BCUT2D eigenvalue weighted by atomic mass is 35.5. The van der Waals surface area contributed by atoms with Gasteiger partial charge in [0.2, 0.25) is 0 Å². The monoisotopic (exact) mass is 694 g/mol. The number of terminal acetylenes is 1. The molecule has 0 aliphatic carbocycles. The van der Waals surface area contributed by atoms with Crippen molar-refractivity contribution in [2.45, 2.75) is 58.3 Å². The average Bonchev–Trinajstić information content (AvgIpc) is 3.12. The molecular formula is C39H43ClF4N4O. The van der Waals surface area contributed by atoms with Gasteiger partial charge in [-0.15, -0.1) is 12.8 Å². The molecule has 0 saturated heterocycles. The zero-order valence-corrected chi connectivity index (χ0v) is 28.7. The fourth-order valence-corrected chi connectivity index (χ4v) is 4.34. The largest absolute Gasteiger partial charge is 0.351 e. The van der Waals surface area contributed by atoms with Gasteiger partial charge in [0, 0.05) is 42.0 Å². The molecule has 0 bridgehead atoms. The number of alkyl halides is 4. The summed E-state index contributed by atoms with van der Waals surface area (Å²) >= 11 is 5.61. The second kappa shape index (κ2) is 25.9. The maximum atomic E-state index is 13.6. The lowest BCUT2D eigenvalue weighted by atomic mass is 9.86. The standard InChI is InChI=1S/C25H24ClF4N.C10H11N3O.C2H6.C2H2/c1-2-15-31-23(13-6-7-14-26)22(17-19-9-4-3-5-10-19)21-12-8-11-20(16-21)18-25(29,30)24(27)28;11-7-4-8-13(10(12)14)9-5-2-1-3-6-9;2*1-2/h2-16,22,24H,17-18H2,1H3;1-3,5-6H,4,8H2,(H2,12,14);1-2H3;1-2H/b13-6-,14-7+,15-2-,31-23+;;;. The van der Waals surface area contributed by atoms with Crippen molar-refractivity contribution < 1.29 is 22.4 Å². The molecule has 0 spiro atoms. The second-order valence-corrected chi connectivity index (χ2v) is 9.93. The number of hydrogen-bond acceptors (Lipinski definition) is 3. The molecule has 0 heterocycles. The van der Waals surface area contributed by atoms with Crippen molar-refractivity contribution in [3.63, 3.8) is 0 Å². The predicted octanol–water partition coefficient (Wildman–Crippen LogP) is 10.5. The molecule has 3 aromatic rings. The Hall–Kier alpha value is -5.12. The lowest BCUT2D eigenvalue weighted by Gasteiger charge is -2.20. The molecule has 2 amide bonds. The van der Waals surface area contributed by atoms with Gasteiger partial charge >= 0.3 is 18.4 Å². The molecule has 1 atom stereocenters. The molecule has 0 aliphatic rings. The van der Waals surface area contributed by atoms with Gasteiger partial charge < -0.3 is 5.73 Å². The summed E-state index contributed by atoms with van der Waals surface area (Å²) in [7, 11) is 0. The van der Waals surface area contributed by atoms with E-state index in [1.165, 1.54) is 16.5 Å². The lowest BCUT2D eigenvalue weighted by molar-refractivity contribution is -0.127. The average molecular weight is 695 g/mol. The van der Waals surface area contributed by atoms with Gasteiger partial charge in [-0.1, -0.05) is 116 Å². The number of amides is 2. The van der Waals surface area contributed by atoms with Crippen LogP contribution < -0.4 is 10.6 Å². The summed E-state index contributed by atoms with van der Waals surface area (Å²) in [6, 6.07) is 26.6. The Balaban J connectivity index is 0.00000107. The summed E-state index contributed by atoms with van der Waals surface area (Å²) < 4.78 is 52.6. The second-order valence-electron chi connectivity index (χ2n) is 9.67. The molecule has 0 aliphatic heterocycles. The van der Waals surface area contributed by atoms with Crippen LogP contribution in [0.5, 0.6) is 0 Å².